The summed E-state index contributed by atoms with van der Waals surface area (Å²) in [6.07, 6.45) is 0. The van der Waals surface area contributed by atoms with Gasteiger partial charge in [-0.15, -0.1) is 0 Å². The van der Waals surface area contributed by atoms with E-state index in [1.54, 1.807) is 30.3 Å². The molecule has 8 heteroatoms. The Hall–Kier alpha value is -3.39. The minimum absolute atomic E-state index is 0.0288. The molecule has 1 heterocycles. The first-order valence-electron chi connectivity index (χ1n) is 9.23. The monoisotopic (exact) mass is 426 g/mol. The maximum absolute atomic E-state index is 12.5. The lowest BCUT2D eigenvalue weighted by Crippen LogP contribution is -2.34. The van der Waals surface area contributed by atoms with E-state index in [1.165, 1.54) is 36.2 Å². The van der Waals surface area contributed by atoms with Crippen molar-refractivity contribution in [1.82, 2.24) is 4.90 Å². The summed E-state index contributed by atoms with van der Waals surface area (Å²) in [4.78, 5) is 26.1. The van der Waals surface area contributed by atoms with Gasteiger partial charge in [-0.1, -0.05) is 35.9 Å². The van der Waals surface area contributed by atoms with Crippen molar-refractivity contribution in [3.8, 4) is 0 Å². The van der Waals surface area contributed by atoms with Crippen molar-refractivity contribution in [3.63, 3.8) is 0 Å². The van der Waals surface area contributed by atoms with E-state index < -0.39 is 15.7 Å². The van der Waals surface area contributed by atoms with Crippen LogP contribution >= 0.6 is 0 Å². The van der Waals surface area contributed by atoms with Crippen molar-refractivity contribution in [2.24, 2.45) is 0 Å². The maximum atomic E-state index is 12.5. The summed E-state index contributed by atoms with van der Waals surface area (Å²) >= 11 is 0. The predicted molar refractivity (Wildman–Crippen MR) is 113 cm³/mol. The van der Waals surface area contributed by atoms with Gasteiger partial charge in [0, 0.05) is 12.7 Å². The minimum Gasteiger partial charge on any atom is -0.455 e. The minimum atomic E-state index is -3.59. The van der Waals surface area contributed by atoms with Crippen LogP contribution in [0, 0.1) is 6.92 Å². The van der Waals surface area contributed by atoms with Crippen LogP contribution in [0.2, 0.25) is 0 Å². The maximum Gasteiger partial charge on any atom is 0.289 e. The highest BCUT2D eigenvalue weighted by molar-refractivity contribution is 7.90. The third kappa shape index (κ3) is 5.36. The molecule has 1 aromatic heterocycles. The van der Waals surface area contributed by atoms with Crippen LogP contribution in [-0.2, 0) is 20.4 Å². The molecule has 3 aromatic rings. The van der Waals surface area contributed by atoms with Gasteiger partial charge in [-0.25, -0.2) is 8.42 Å². The molecule has 0 atom stereocenters. The number of anilines is 1. The van der Waals surface area contributed by atoms with E-state index in [4.69, 9.17) is 4.42 Å². The molecule has 1 N–H and O–H groups in total. The van der Waals surface area contributed by atoms with Crippen LogP contribution in [0.5, 0.6) is 0 Å². The van der Waals surface area contributed by atoms with Crippen molar-refractivity contribution >= 4 is 27.3 Å². The molecule has 7 nitrogen and oxygen atoms in total. The van der Waals surface area contributed by atoms with E-state index in [2.05, 4.69) is 5.32 Å². The smallest absolute Gasteiger partial charge is 0.289 e. The SMILES string of the molecule is Cc1ccc(NC(=O)CN(C)C(=O)c2ccc(CS(=O)(=O)c3ccccc3)o2)cc1. The first-order chi connectivity index (χ1) is 14.2. The first kappa shape index (κ1) is 21.3. The van der Waals surface area contributed by atoms with Gasteiger partial charge in [0.05, 0.1) is 11.4 Å². The van der Waals surface area contributed by atoms with Gasteiger partial charge >= 0.3 is 0 Å². The summed E-state index contributed by atoms with van der Waals surface area (Å²) in [5, 5.41) is 2.72. The number of carbonyl (C=O) groups excluding carboxylic acids is 2. The van der Waals surface area contributed by atoms with E-state index in [0.29, 0.717) is 5.69 Å². The van der Waals surface area contributed by atoms with E-state index in [-0.39, 0.29) is 34.6 Å². The molecule has 0 radical (unpaired) electrons. The Morgan fingerprint density at radius 3 is 2.30 bits per heavy atom. The molecule has 0 bridgehead atoms. The molecule has 0 saturated heterocycles. The fourth-order valence-electron chi connectivity index (χ4n) is 2.78. The number of hydrogen-bond acceptors (Lipinski definition) is 5. The van der Waals surface area contributed by atoms with Gasteiger partial charge in [-0.05, 0) is 43.3 Å². The standard InChI is InChI=1S/C22H22N2O5S/c1-16-8-10-17(11-9-16)23-21(25)14-24(2)22(26)20-13-12-18(29-20)15-30(27,28)19-6-4-3-5-7-19/h3-13H,14-15H2,1-2H3,(H,23,25). The molecule has 3 rings (SSSR count). The summed E-state index contributed by atoms with van der Waals surface area (Å²) < 4.78 is 30.3. The van der Waals surface area contributed by atoms with Crippen LogP contribution in [0.1, 0.15) is 21.9 Å². The van der Waals surface area contributed by atoms with Crippen LogP contribution in [0.4, 0.5) is 5.69 Å². The van der Waals surface area contributed by atoms with Gasteiger partial charge in [0.25, 0.3) is 5.91 Å². The van der Waals surface area contributed by atoms with Crippen LogP contribution in [-0.4, -0.2) is 38.7 Å². The number of aryl methyl sites for hydroxylation is 1. The second-order valence-corrected chi connectivity index (χ2v) is 8.90. The largest absolute Gasteiger partial charge is 0.455 e. The Labute approximate surface area is 175 Å². The van der Waals surface area contributed by atoms with Crippen molar-refractivity contribution in [2.45, 2.75) is 17.6 Å². The molecule has 0 unspecified atom stereocenters. The third-order valence-electron chi connectivity index (χ3n) is 4.37. The fraction of sp³-hybridized carbons (Fsp3) is 0.182. The number of amides is 2. The highest BCUT2D eigenvalue weighted by Gasteiger charge is 2.21. The lowest BCUT2D eigenvalue weighted by Gasteiger charge is -2.15. The molecule has 0 aliphatic heterocycles. The molecule has 0 saturated carbocycles. The van der Waals surface area contributed by atoms with Gasteiger partial charge < -0.3 is 14.6 Å². The molecule has 0 spiro atoms. The number of nitrogens with zero attached hydrogens (tertiary/aromatic N) is 1. The van der Waals surface area contributed by atoms with Crippen molar-refractivity contribution in [2.75, 3.05) is 18.9 Å². The average molecular weight is 426 g/mol. The van der Waals surface area contributed by atoms with Crippen LogP contribution in [0.3, 0.4) is 0 Å². The predicted octanol–water partition coefficient (Wildman–Crippen LogP) is 3.27. The average Bonchev–Trinajstić information content (AvgIpc) is 3.17. The second kappa shape index (κ2) is 8.96. The highest BCUT2D eigenvalue weighted by Crippen LogP contribution is 2.19. The van der Waals surface area contributed by atoms with Gasteiger partial charge in [-0.2, -0.15) is 0 Å². The van der Waals surface area contributed by atoms with Crippen LogP contribution in [0.15, 0.2) is 76.0 Å². The lowest BCUT2D eigenvalue weighted by atomic mass is 10.2. The Morgan fingerprint density at radius 1 is 0.967 bits per heavy atom. The molecular weight excluding hydrogens is 404 g/mol. The van der Waals surface area contributed by atoms with Crippen molar-refractivity contribution in [1.29, 1.82) is 0 Å². The normalized spacial score (nSPS) is 11.1. The molecular formula is C22H22N2O5S. The summed E-state index contributed by atoms with van der Waals surface area (Å²) in [7, 11) is -2.11. The number of carbonyl (C=O) groups is 2. The summed E-state index contributed by atoms with van der Waals surface area (Å²) in [5.41, 5.74) is 1.71. The van der Waals surface area contributed by atoms with E-state index in [0.717, 1.165) is 5.56 Å². The Balaban J connectivity index is 1.61. The van der Waals surface area contributed by atoms with Gasteiger partial charge in [0.2, 0.25) is 5.91 Å². The van der Waals surface area contributed by atoms with Crippen LogP contribution < -0.4 is 5.32 Å². The number of rotatable bonds is 7. The summed E-state index contributed by atoms with van der Waals surface area (Å²) in [6, 6.07) is 18.2. The second-order valence-electron chi connectivity index (χ2n) is 6.91. The third-order valence-corrected chi connectivity index (χ3v) is 6.02. The van der Waals surface area contributed by atoms with Crippen molar-refractivity contribution in [3.05, 3.63) is 83.8 Å². The Bertz CT molecular complexity index is 1140. The number of nitrogens with one attached hydrogen (secondary N) is 1. The molecule has 2 aromatic carbocycles. The Morgan fingerprint density at radius 2 is 1.63 bits per heavy atom. The molecule has 0 aliphatic rings. The molecule has 30 heavy (non-hydrogen) atoms. The zero-order valence-electron chi connectivity index (χ0n) is 16.7. The van der Waals surface area contributed by atoms with E-state index >= 15 is 0 Å². The number of benzene rings is 2. The number of likely N-dealkylation sites (N-methyl/N-ethyl adjacent to an activating group) is 1. The number of sulfone groups is 1. The zero-order valence-corrected chi connectivity index (χ0v) is 17.5. The fourth-order valence-corrected chi connectivity index (χ4v) is 4.05. The van der Waals surface area contributed by atoms with E-state index in [1.807, 2.05) is 19.1 Å². The van der Waals surface area contributed by atoms with Crippen LogP contribution in [0.25, 0.3) is 0 Å². The molecule has 0 aliphatic carbocycles. The summed E-state index contributed by atoms with van der Waals surface area (Å²) in [6.45, 7) is 1.77. The van der Waals surface area contributed by atoms with E-state index in [9.17, 15) is 18.0 Å². The van der Waals surface area contributed by atoms with Gasteiger partial charge in [0.15, 0.2) is 15.6 Å². The molecule has 156 valence electrons. The molecule has 2 amide bonds. The highest BCUT2D eigenvalue weighted by atomic mass is 32.2. The molecule has 0 fully saturated rings. The number of hydrogen-bond donors (Lipinski definition) is 1. The number of furan rings is 1. The quantitative estimate of drug-likeness (QED) is 0.625. The first-order valence-corrected chi connectivity index (χ1v) is 10.9. The van der Waals surface area contributed by atoms with Gasteiger partial charge in [0.1, 0.15) is 11.5 Å². The van der Waals surface area contributed by atoms with Gasteiger partial charge in [-0.3, -0.25) is 9.59 Å². The zero-order chi connectivity index (χ0) is 21.7. The Kier molecular flexibility index (Phi) is 6.37. The topological polar surface area (TPSA) is 96.7 Å². The lowest BCUT2D eigenvalue weighted by molar-refractivity contribution is -0.116. The van der Waals surface area contributed by atoms with Crippen molar-refractivity contribution < 1.29 is 22.4 Å². The summed E-state index contributed by atoms with van der Waals surface area (Å²) in [5.74, 6) is -1.11.